The molecule has 0 aromatic carbocycles. The van der Waals surface area contributed by atoms with Crippen LogP contribution in [-0.4, -0.2) is 36.5 Å². The molecule has 0 radical (unpaired) electrons. The summed E-state index contributed by atoms with van der Waals surface area (Å²) in [5.41, 5.74) is -0.106. The summed E-state index contributed by atoms with van der Waals surface area (Å²) in [6.45, 7) is 1.01. The summed E-state index contributed by atoms with van der Waals surface area (Å²) >= 11 is 5.74. The summed E-state index contributed by atoms with van der Waals surface area (Å²) in [5.74, 6) is 0. The molecule has 0 amide bonds. The van der Waals surface area contributed by atoms with E-state index < -0.39 is 5.60 Å². The van der Waals surface area contributed by atoms with Crippen molar-refractivity contribution in [2.45, 2.75) is 24.5 Å². The number of rotatable bonds is 3. The second-order valence-electron chi connectivity index (χ2n) is 4.30. The number of hydrogen-bond donors (Lipinski definition) is 1. The monoisotopic (exact) mass is 257 g/mol. The molecule has 2 heterocycles. The van der Waals surface area contributed by atoms with Gasteiger partial charge < -0.3 is 14.6 Å². The van der Waals surface area contributed by atoms with E-state index in [1.54, 1.807) is 19.4 Å². The molecule has 1 aliphatic heterocycles. The Morgan fingerprint density at radius 2 is 2.47 bits per heavy atom. The third-order valence-corrected chi connectivity index (χ3v) is 3.28. The molecule has 0 bridgehead atoms. The minimum Gasteiger partial charge on any atom is -0.385 e. The molecule has 2 unspecified atom stereocenters. The maximum Gasteiger partial charge on any atom is 0.129 e. The molecule has 1 N–H and O–H groups in total. The van der Waals surface area contributed by atoms with Crippen LogP contribution in [0.3, 0.4) is 0 Å². The molecule has 5 heteroatoms. The van der Waals surface area contributed by atoms with Gasteiger partial charge in [0.05, 0.1) is 24.9 Å². The predicted molar refractivity (Wildman–Crippen MR) is 64.0 cm³/mol. The van der Waals surface area contributed by atoms with Crippen molar-refractivity contribution in [3.8, 4) is 0 Å². The van der Waals surface area contributed by atoms with E-state index >= 15 is 0 Å². The Morgan fingerprint density at radius 1 is 1.65 bits per heavy atom. The van der Waals surface area contributed by atoms with Gasteiger partial charge in [-0.3, -0.25) is 0 Å². The van der Waals surface area contributed by atoms with Crippen LogP contribution in [0, 0.1) is 0 Å². The number of methoxy groups -OCH3 is 1. The highest BCUT2D eigenvalue weighted by molar-refractivity contribution is 6.29. The van der Waals surface area contributed by atoms with Gasteiger partial charge in [-0.1, -0.05) is 17.7 Å². The second kappa shape index (κ2) is 5.31. The van der Waals surface area contributed by atoms with Gasteiger partial charge in [0.2, 0.25) is 0 Å². The Morgan fingerprint density at radius 3 is 3.12 bits per heavy atom. The lowest BCUT2D eigenvalue weighted by molar-refractivity contribution is -0.124. The number of hydrogen-bond acceptors (Lipinski definition) is 4. The van der Waals surface area contributed by atoms with E-state index in [9.17, 15) is 5.11 Å². The van der Waals surface area contributed by atoms with Gasteiger partial charge in [-0.25, -0.2) is 4.98 Å². The molecule has 0 saturated carbocycles. The van der Waals surface area contributed by atoms with E-state index in [0.717, 1.165) is 5.56 Å². The minimum absolute atomic E-state index is 0.0746. The maximum atomic E-state index is 10.6. The van der Waals surface area contributed by atoms with E-state index in [1.807, 2.05) is 6.07 Å². The standard InChI is InChI=1S/C12H16ClNO3/c1-16-8-10-6-12(15,4-5-17-10)9-2-3-11(13)14-7-9/h2-3,7,10,15H,4-6,8H2,1H3. The van der Waals surface area contributed by atoms with Crippen LogP contribution < -0.4 is 0 Å². The number of halogens is 1. The zero-order valence-electron chi connectivity index (χ0n) is 9.73. The fourth-order valence-corrected chi connectivity index (χ4v) is 2.25. The van der Waals surface area contributed by atoms with Crippen LogP contribution >= 0.6 is 11.6 Å². The van der Waals surface area contributed by atoms with Crippen LogP contribution in [0.25, 0.3) is 0 Å². The average molecular weight is 258 g/mol. The Kier molecular flexibility index (Phi) is 3.99. The SMILES string of the molecule is COCC1CC(O)(c2ccc(Cl)nc2)CCO1. The first-order valence-electron chi connectivity index (χ1n) is 5.59. The largest absolute Gasteiger partial charge is 0.385 e. The highest BCUT2D eigenvalue weighted by Crippen LogP contribution is 2.34. The van der Waals surface area contributed by atoms with E-state index in [-0.39, 0.29) is 6.10 Å². The Bertz CT molecular complexity index is 369. The number of ether oxygens (including phenoxy) is 2. The van der Waals surface area contributed by atoms with Gasteiger partial charge in [-0.05, 0) is 6.07 Å². The van der Waals surface area contributed by atoms with Gasteiger partial charge in [0.1, 0.15) is 5.15 Å². The summed E-state index contributed by atoms with van der Waals surface area (Å²) in [7, 11) is 1.63. The van der Waals surface area contributed by atoms with Crippen molar-refractivity contribution >= 4 is 11.6 Å². The fourth-order valence-electron chi connectivity index (χ4n) is 2.14. The van der Waals surface area contributed by atoms with E-state index in [0.29, 0.717) is 31.2 Å². The summed E-state index contributed by atoms with van der Waals surface area (Å²) < 4.78 is 10.6. The van der Waals surface area contributed by atoms with Gasteiger partial charge >= 0.3 is 0 Å². The first-order chi connectivity index (χ1) is 8.14. The molecule has 0 spiro atoms. The number of nitrogens with zero attached hydrogens (tertiary/aromatic N) is 1. The normalized spacial score (nSPS) is 29.2. The van der Waals surface area contributed by atoms with Crippen molar-refractivity contribution in [1.29, 1.82) is 0 Å². The van der Waals surface area contributed by atoms with Crippen LogP contribution in [0.4, 0.5) is 0 Å². The van der Waals surface area contributed by atoms with Crippen LogP contribution in [0.5, 0.6) is 0 Å². The molecule has 17 heavy (non-hydrogen) atoms. The lowest BCUT2D eigenvalue weighted by Gasteiger charge is -2.36. The molecular formula is C12H16ClNO3. The summed E-state index contributed by atoms with van der Waals surface area (Å²) in [5, 5.41) is 11.0. The average Bonchev–Trinajstić information content (AvgIpc) is 2.30. The molecule has 1 aromatic rings. The molecule has 1 aromatic heterocycles. The lowest BCUT2D eigenvalue weighted by atomic mass is 9.85. The molecule has 1 aliphatic rings. The van der Waals surface area contributed by atoms with Gasteiger partial charge in [0.15, 0.2) is 0 Å². The summed E-state index contributed by atoms with van der Waals surface area (Å²) in [4.78, 5) is 4.00. The molecule has 1 fully saturated rings. The number of aliphatic hydroxyl groups is 1. The van der Waals surface area contributed by atoms with Gasteiger partial charge in [0.25, 0.3) is 0 Å². The van der Waals surface area contributed by atoms with Crippen molar-refractivity contribution in [1.82, 2.24) is 4.98 Å². The second-order valence-corrected chi connectivity index (χ2v) is 4.69. The van der Waals surface area contributed by atoms with Crippen molar-refractivity contribution in [2.24, 2.45) is 0 Å². The molecule has 2 rings (SSSR count). The zero-order valence-corrected chi connectivity index (χ0v) is 10.5. The number of aromatic nitrogens is 1. The van der Waals surface area contributed by atoms with Crippen molar-refractivity contribution in [3.63, 3.8) is 0 Å². The Hall–Kier alpha value is -0.680. The van der Waals surface area contributed by atoms with Crippen LogP contribution in [0.15, 0.2) is 18.3 Å². The molecular weight excluding hydrogens is 242 g/mol. The van der Waals surface area contributed by atoms with E-state index in [4.69, 9.17) is 21.1 Å². The summed E-state index contributed by atoms with van der Waals surface area (Å²) in [6.07, 6.45) is 2.63. The van der Waals surface area contributed by atoms with Gasteiger partial charge in [0, 0.05) is 31.7 Å². The lowest BCUT2D eigenvalue weighted by Crippen LogP contribution is -2.40. The molecule has 1 saturated heterocycles. The maximum absolute atomic E-state index is 10.6. The molecule has 0 aliphatic carbocycles. The molecule has 2 atom stereocenters. The van der Waals surface area contributed by atoms with Crippen molar-refractivity contribution < 1.29 is 14.6 Å². The minimum atomic E-state index is -0.890. The highest BCUT2D eigenvalue weighted by atomic mass is 35.5. The van der Waals surface area contributed by atoms with Gasteiger partial charge in [-0.15, -0.1) is 0 Å². The van der Waals surface area contributed by atoms with Crippen LogP contribution in [-0.2, 0) is 15.1 Å². The van der Waals surface area contributed by atoms with Crippen LogP contribution in [0.2, 0.25) is 5.15 Å². The topological polar surface area (TPSA) is 51.6 Å². The van der Waals surface area contributed by atoms with Crippen LogP contribution in [0.1, 0.15) is 18.4 Å². The third kappa shape index (κ3) is 2.96. The Labute approximate surface area is 106 Å². The predicted octanol–water partition coefficient (Wildman–Crippen LogP) is 1.75. The van der Waals surface area contributed by atoms with Gasteiger partial charge in [-0.2, -0.15) is 0 Å². The van der Waals surface area contributed by atoms with Crippen molar-refractivity contribution in [3.05, 3.63) is 29.0 Å². The fraction of sp³-hybridized carbons (Fsp3) is 0.583. The summed E-state index contributed by atoms with van der Waals surface area (Å²) in [6, 6.07) is 3.50. The molecule has 4 nitrogen and oxygen atoms in total. The van der Waals surface area contributed by atoms with E-state index in [2.05, 4.69) is 4.98 Å². The quantitative estimate of drug-likeness (QED) is 0.839. The van der Waals surface area contributed by atoms with Crippen molar-refractivity contribution in [2.75, 3.05) is 20.3 Å². The molecule has 94 valence electrons. The Balaban J connectivity index is 2.14. The third-order valence-electron chi connectivity index (χ3n) is 3.05. The zero-order chi connectivity index (χ0) is 12.3. The highest BCUT2D eigenvalue weighted by Gasteiger charge is 2.36. The smallest absolute Gasteiger partial charge is 0.129 e. The van der Waals surface area contributed by atoms with E-state index in [1.165, 1.54) is 0 Å². The number of pyridine rings is 1. The first kappa shape index (κ1) is 12.8. The first-order valence-corrected chi connectivity index (χ1v) is 5.97.